The van der Waals surface area contributed by atoms with Crippen LogP contribution in [-0.2, 0) is 4.79 Å². The van der Waals surface area contributed by atoms with E-state index < -0.39 is 5.82 Å². The van der Waals surface area contributed by atoms with E-state index in [9.17, 15) is 9.18 Å². The average molecular weight is 409 g/mol. The molecule has 1 N–H and O–H groups in total. The van der Waals surface area contributed by atoms with Crippen molar-refractivity contribution in [1.82, 2.24) is 9.97 Å². The van der Waals surface area contributed by atoms with Gasteiger partial charge in [-0.3, -0.25) is 4.79 Å². The van der Waals surface area contributed by atoms with Gasteiger partial charge in [0.15, 0.2) is 0 Å². The minimum absolute atomic E-state index is 0.0223. The van der Waals surface area contributed by atoms with Crippen LogP contribution in [0.5, 0.6) is 0 Å². The molecule has 2 atom stereocenters. The summed E-state index contributed by atoms with van der Waals surface area (Å²) in [5.74, 6) is 1.64. The van der Waals surface area contributed by atoms with E-state index in [4.69, 9.17) is 11.6 Å². The Labute approximate surface area is 167 Å². The molecule has 0 bridgehead atoms. The quantitative estimate of drug-likeness (QED) is 0.583. The fourth-order valence-corrected chi connectivity index (χ4v) is 4.18. The normalized spacial score (nSPS) is 19.8. The third kappa shape index (κ3) is 5.56. The van der Waals surface area contributed by atoms with Gasteiger partial charge in [0.2, 0.25) is 5.91 Å². The van der Waals surface area contributed by atoms with Gasteiger partial charge in [-0.15, -0.1) is 0 Å². The molecule has 0 aliphatic carbocycles. The van der Waals surface area contributed by atoms with Crippen molar-refractivity contribution in [3.8, 4) is 0 Å². The largest absolute Gasteiger partial charge is 0.356 e. The Kier molecular flexibility index (Phi) is 6.55. The maximum atomic E-state index is 13.2. The number of anilines is 2. The molecule has 1 aromatic carbocycles. The summed E-state index contributed by atoms with van der Waals surface area (Å²) in [6, 6.07) is 6.02. The van der Waals surface area contributed by atoms with Gasteiger partial charge in [-0.1, -0.05) is 37.2 Å². The third-order valence-electron chi connectivity index (χ3n) is 4.37. The number of thioether (sulfide) groups is 1. The van der Waals surface area contributed by atoms with Gasteiger partial charge in [-0.25, -0.2) is 14.4 Å². The number of nitrogens with one attached hydrogen (secondary N) is 1. The first kappa shape index (κ1) is 19.9. The number of hydrogen-bond donors (Lipinski definition) is 1. The van der Waals surface area contributed by atoms with Crippen LogP contribution in [0.4, 0.5) is 15.9 Å². The molecule has 0 unspecified atom stereocenters. The topological polar surface area (TPSA) is 58.1 Å². The summed E-state index contributed by atoms with van der Waals surface area (Å²) in [6.45, 7) is 6.48. The van der Waals surface area contributed by atoms with Crippen LogP contribution >= 0.6 is 23.4 Å². The lowest BCUT2D eigenvalue weighted by Crippen LogP contribution is -2.39. The highest BCUT2D eigenvalue weighted by atomic mass is 35.5. The summed E-state index contributed by atoms with van der Waals surface area (Å²) in [6.07, 6.45) is 2.77. The molecule has 0 spiro atoms. The first-order chi connectivity index (χ1) is 12.9. The number of carbonyl (C=O) groups is 1. The summed E-state index contributed by atoms with van der Waals surface area (Å²) >= 11 is 7.07. The Morgan fingerprint density at radius 2 is 2.04 bits per heavy atom. The van der Waals surface area contributed by atoms with Crippen LogP contribution in [0.25, 0.3) is 0 Å². The lowest BCUT2D eigenvalue weighted by molar-refractivity contribution is -0.113. The van der Waals surface area contributed by atoms with Crippen molar-refractivity contribution < 1.29 is 9.18 Å². The second-order valence-electron chi connectivity index (χ2n) is 7.03. The van der Waals surface area contributed by atoms with E-state index in [1.807, 2.05) is 6.07 Å². The fraction of sp³-hybridized carbons (Fsp3) is 0.421. The second kappa shape index (κ2) is 8.89. The van der Waals surface area contributed by atoms with Gasteiger partial charge < -0.3 is 10.2 Å². The summed E-state index contributed by atoms with van der Waals surface area (Å²) < 4.78 is 13.2. The van der Waals surface area contributed by atoms with Crippen molar-refractivity contribution in [3.63, 3.8) is 0 Å². The highest BCUT2D eigenvalue weighted by Gasteiger charge is 2.23. The number of carbonyl (C=O) groups excluding carboxylic acids is 1. The molecule has 0 saturated carbocycles. The number of piperidine rings is 1. The van der Waals surface area contributed by atoms with Crippen molar-refractivity contribution in [2.75, 3.05) is 29.1 Å². The lowest BCUT2D eigenvalue weighted by atomic mass is 9.92. The highest BCUT2D eigenvalue weighted by molar-refractivity contribution is 7.99. The molecule has 0 radical (unpaired) electrons. The smallest absolute Gasteiger partial charge is 0.234 e. The van der Waals surface area contributed by atoms with Gasteiger partial charge in [0.1, 0.15) is 23.0 Å². The standard InChI is InChI=1S/C19H22ClFN4OS/c1-12-5-13(2)9-25(8-12)17-7-19(23-11-22-17)27-10-18(26)24-14-3-4-16(21)15(20)6-14/h3-4,6-7,11-13H,5,8-10H2,1-2H3,(H,24,26)/t12-,13-/m1/s1. The molecule has 5 nitrogen and oxygen atoms in total. The van der Waals surface area contributed by atoms with Gasteiger partial charge in [-0.05, 0) is 36.5 Å². The van der Waals surface area contributed by atoms with Crippen LogP contribution in [0.2, 0.25) is 5.02 Å². The molecule has 2 aromatic rings. The van der Waals surface area contributed by atoms with Gasteiger partial charge in [0.25, 0.3) is 0 Å². The van der Waals surface area contributed by atoms with Crippen molar-refractivity contribution in [1.29, 1.82) is 0 Å². The van der Waals surface area contributed by atoms with Crippen LogP contribution in [0.15, 0.2) is 35.6 Å². The van der Waals surface area contributed by atoms with Crippen LogP contribution in [0, 0.1) is 17.7 Å². The number of rotatable bonds is 5. The van der Waals surface area contributed by atoms with Crippen LogP contribution in [0.3, 0.4) is 0 Å². The van der Waals surface area contributed by atoms with E-state index in [2.05, 4.69) is 34.0 Å². The number of nitrogens with zero attached hydrogens (tertiary/aromatic N) is 3. The molecule has 3 rings (SSSR count). The predicted octanol–water partition coefficient (Wildman–Crippen LogP) is 4.48. The maximum absolute atomic E-state index is 13.2. The first-order valence-corrected chi connectivity index (χ1v) is 10.2. The summed E-state index contributed by atoms with van der Waals surface area (Å²) in [5.41, 5.74) is 0.465. The zero-order chi connectivity index (χ0) is 19.4. The maximum Gasteiger partial charge on any atom is 0.234 e. The van der Waals surface area contributed by atoms with Crippen LogP contribution in [0.1, 0.15) is 20.3 Å². The molecule has 1 aromatic heterocycles. The zero-order valence-corrected chi connectivity index (χ0v) is 16.9. The molecule has 2 heterocycles. The SMILES string of the molecule is C[C@@H]1C[C@@H](C)CN(c2cc(SCC(=O)Nc3ccc(F)c(Cl)c3)ncn2)C1. The summed E-state index contributed by atoms with van der Waals surface area (Å²) in [4.78, 5) is 23.1. The Hall–Kier alpha value is -1.86. The highest BCUT2D eigenvalue weighted by Crippen LogP contribution is 2.27. The van der Waals surface area contributed by atoms with E-state index in [-0.39, 0.29) is 16.7 Å². The van der Waals surface area contributed by atoms with E-state index in [0.717, 1.165) is 23.9 Å². The van der Waals surface area contributed by atoms with Gasteiger partial charge in [0, 0.05) is 24.8 Å². The van der Waals surface area contributed by atoms with E-state index >= 15 is 0 Å². The molecule has 1 aliphatic rings. The van der Waals surface area contributed by atoms with Gasteiger partial charge in [-0.2, -0.15) is 0 Å². The van der Waals surface area contributed by atoms with Crippen molar-refractivity contribution in [3.05, 3.63) is 41.4 Å². The van der Waals surface area contributed by atoms with E-state index in [1.165, 1.54) is 36.4 Å². The zero-order valence-electron chi connectivity index (χ0n) is 15.3. The molecular weight excluding hydrogens is 387 g/mol. The third-order valence-corrected chi connectivity index (χ3v) is 5.59. The Balaban J connectivity index is 1.57. The molecule has 1 fully saturated rings. The predicted molar refractivity (Wildman–Crippen MR) is 108 cm³/mol. The molecule has 27 heavy (non-hydrogen) atoms. The molecule has 1 amide bonds. The van der Waals surface area contributed by atoms with Crippen LogP contribution < -0.4 is 10.2 Å². The number of hydrogen-bond acceptors (Lipinski definition) is 5. The van der Waals surface area contributed by atoms with Crippen molar-refractivity contribution in [2.45, 2.75) is 25.3 Å². The van der Waals surface area contributed by atoms with E-state index in [1.54, 1.807) is 6.33 Å². The number of benzene rings is 1. The van der Waals surface area contributed by atoms with Crippen LogP contribution in [-0.4, -0.2) is 34.7 Å². The van der Waals surface area contributed by atoms with Crippen molar-refractivity contribution in [2.24, 2.45) is 11.8 Å². The second-order valence-corrected chi connectivity index (χ2v) is 8.43. The summed E-state index contributed by atoms with van der Waals surface area (Å²) in [5, 5.41) is 3.43. The number of amides is 1. The molecule has 1 aliphatic heterocycles. The first-order valence-electron chi connectivity index (χ1n) is 8.85. The summed E-state index contributed by atoms with van der Waals surface area (Å²) in [7, 11) is 0. The lowest BCUT2D eigenvalue weighted by Gasteiger charge is -2.35. The Bertz CT molecular complexity index is 812. The van der Waals surface area contributed by atoms with Crippen molar-refractivity contribution >= 4 is 40.8 Å². The van der Waals surface area contributed by atoms with Gasteiger partial charge in [0.05, 0.1) is 10.8 Å². The molecular formula is C19H22ClFN4OS. The number of aromatic nitrogens is 2. The number of halogens is 2. The Morgan fingerprint density at radius 3 is 2.74 bits per heavy atom. The monoisotopic (exact) mass is 408 g/mol. The molecule has 1 saturated heterocycles. The van der Waals surface area contributed by atoms with E-state index in [0.29, 0.717) is 17.5 Å². The minimum atomic E-state index is -0.515. The van der Waals surface area contributed by atoms with Gasteiger partial charge >= 0.3 is 0 Å². The minimum Gasteiger partial charge on any atom is -0.356 e. The molecule has 144 valence electrons. The fourth-order valence-electron chi connectivity index (χ4n) is 3.34. The average Bonchev–Trinajstić information content (AvgIpc) is 2.62. The molecule has 8 heteroatoms. The Morgan fingerprint density at radius 1 is 1.30 bits per heavy atom.